The van der Waals surface area contributed by atoms with Crippen molar-refractivity contribution < 1.29 is 19.2 Å². The molecule has 2 aliphatic heterocycles. The summed E-state index contributed by atoms with van der Waals surface area (Å²) in [7, 11) is 0. The van der Waals surface area contributed by atoms with E-state index < -0.39 is 16.6 Å². The molecule has 40 heavy (non-hydrogen) atoms. The number of amides is 2. The van der Waals surface area contributed by atoms with Crippen LogP contribution in [0.1, 0.15) is 37.5 Å². The summed E-state index contributed by atoms with van der Waals surface area (Å²) in [5, 5.41) is 17.6. The first-order valence-corrected chi connectivity index (χ1v) is 12.9. The second kappa shape index (κ2) is 10.6. The second-order valence-corrected chi connectivity index (χ2v) is 10.5. The van der Waals surface area contributed by atoms with Crippen molar-refractivity contribution in [3.05, 3.63) is 99.6 Å². The van der Waals surface area contributed by atoms with E-state index in [1.165, 1.54) is 12.1 Å². The highest BCUT2D eigenvalue weighted by Gasteiger charge is 2.31. The molecule has 0 saturated carbocycles. The van der Waals surface area contributed by atoms with Crippen LogP contribution in [0, 0.1) is 10.1 Å². The van der Waals surface area contributed by atoms with E-state index in [0.29, 0.717) is 47.9 Å². The van der Waals surface area contributed by atoms with Crippen molar-refractivity contribution in [2.75, 3.05) is 23.7 Å². The summed E-state index contributed by atoms with van der Waals surface area (Å²) >= 11 is 0. The minimum absolute atomic E-state index is 0.0974. The lowest BCUT2D eigenvalue weighted by Gasteiger charge is -2.25. The van der Waals surface area contributed by atoms with Gasteiger partial charge in [0.2, 0.25) is 0 Å². The average molecular weight is 540 g/mol. The molecular weight excluding hydrogens is 510 g/mol. The van der Waals surface area contributed by atoms with Crippen LogP contribution in [0.5, 0.6) is 0 Å². The van der Waals surface area contributed by atoms with Crippen molar-refractivity contribution >= 4 is 46.2 Å². The topological polar surface area (TPSA) is 126 Å². The van der Waals surface area contributed by atoms with Gasteiger partial charge in [-0.2, -0.15) is 0 Å². The summed E-state index contributed by atoms with van der Waals surface area (Å²) in [6.07, 6.45) is 0.0579. The van der Waals surface area contributed by atoms with E-state index in [-0.39, 0.29) is 11.6 Å². The van der Waals surface area contributed by atoms with Crippen molar-refractivity contribution in [2.24, 2.45) is 4.99 Å². The van der Waals surface area contributed by atoms with Gasteiger partial charge in [0.25, 0.3) is 11.6 Å². The predicted octanol–water partition coefficient (Wildman–Crippen LogP) is 5.72. The van der Waals surface area contributed by atoms with E-state index in [0.717, 1.165) is 16.8 Å². The quantitative estimate of drug-likeness (QED) is 0.234. The molecule has 2 N–H and O–H groups in total. The van der Waals surface area contributed by atoms with E-state index in [1.54, 1.807) is 11.0 Å². The summed E-state index contributed by atoms with van der Waals surface area (Å²) in [5.74, 6) is 0.308. The Labute approximate surface area is 231 Å². The number of nitro groups is 1. The molecule has 0 bridgehead atoms. The van der Waals surface area contributed by atoms with Crippen LogP contribution in [0.25, 0.3) is 11.3 Å². The Morgan fingerprint density at radius 1 is 1.10 bits per heavy atom. The number of non-ortho nitro benzene ring substituents is 1. The van der Waals surface area contributed by atoms with Crippen molar-refractivity contribution in [3.63, 3.8) is 0 Å². The van der Waals surface area contributed by atoms with Crippen molar-refractivity contribution in [2.45, 2.75) is 32.8 Å². The van der Waals surface area contributed by atoms with Gasteiger partial charge in [0.15, 0.2) is 0 Å². The zero-order valence-electron chi connectivity index (χ0n) is 22.4. The van der Waals surface area contributed by atoms with Crippen LogP contribution in [0.15, 0.2) is 77.8 Å². The lowest BCUT2D eigenvalue weighted by atomic mass is 9.99. The Morgan fingerprint density at radius 2 is 1.82 bits per heavy atom. The summed E-state index contributed by atoms with van der Waals surface area (Å²) < 4.78 is 5.52. The van der Waals surface area contributed by atoms with E-state index in [4.69, 9.17) is 4.74 Å². The first-order valence-electron chi connectivity index (χ1n) is 12.9. The number of nitro benzene ring substituents is 1. The Bertz CT molecular complexity index is 1540. The Balaban J connectivity index is 1.42. The third-order valence-corrected chi connectivity index (χ3v) is 6.40. The number of anilines is 2. The van der Waals surface area contributed by atoms with E-state index in [1.807, 2.05) is 75.4 Å². The van der Waals surface area contributed by atoms with Crippen LogP contribution in [0.3, 0.4) is 0 Å². The number of carbonyl (C=O) groups excluding carboxylic acids is 2. The molecule has 0 saturated heterocycles. The summed E-state index contributed by atoms with van der Waals surface area (Å²) in [6, 6.07) is 21.3. The molecule has 10 nitrogen and oxygen atoms in total. The maximum atomic E-state index is 13.1. The molecule has 0 spiro atoms. The van der Waals surface area contributed by atoms with Gasteiger partial charge < -0.3 is 15.4 Å². The highest BCUT2D eigenvalue weighted by Crippen LogP contribution is 2.39. The number of amidine groups is 1. The molecule has 5 rings (SSSR count). The van der Waals surface area contributed by atoms with Gasteiger partial charge in [-0.3, -0.25) is 24.8 Å². The van der Waals surface area contributed by atoms with E-state index in [2.05, 4.69) is 15.6 Å². The fourth-order valence-electron chi connectivity index (χ4n) is 4.59. The number of benzene rings is 3. The number of fused-ring (bicyclic) bond motifs is 1. The predicted molar refractivity (Wildman–Crippen MR) is 154 cm³/mol. The van der Waals surface area contributed by atoms with Crippen LogP contribution >= 0.6 is 0 Å². The lowest BCUT2D eigenvalue weighted by Crippen LogP contribution is -2.39. The van der Waals surface area contributed by atoms with Gasteiger partial charge in [-0.05, 0) is 50.1 Å². The SMILES string of the molecule is CC(C)(C)OC(=O)N1CCN=C1Cc1ccc(N/C(=C2\C(=O)Nc3ccc([N+](=O)[O-])cc32)c2ccccc2)cc1. The molecule has 204 valence electrons. The van der Waals surface area contributed by atoms with Gasteiger partial charge in [-0.25, -0.2) is 4.79 Å². The number of aliphatic imine (C=N–C) groups is 1. The van der Waals surface area contributed by atoms with Crippen molar-refractivity contribution in [3.8, 4) is 0 Å². The zero-order chi connectivity index (χ0) is 28.4. The number of hydrogen-bond acceptors (Lipinski definition) is 7. The van der Waals surface area contributed by atoms with E-state index in [9.17, 15) is 19.7 Å². The molecule has 0 atom stereocenters. The first-order chi connectivity index (χ1) is 19.1. The molecule has 3 aromatic rings. The van der Waals surface area contributed by atoms with Crippen LogP contribution in [0.2, 0.25) is 0 Å². The number of hydrogen-bond donors (Lipinski definition) is 2. The number of ether oxygens (including phenoxy) is 1. The highest BCUT2D eigenvalue weighted by atomic mass is 16.6. The molecule has 0 radical (unpaired) electrons. The third kappa shape index (κ3) is 5.70. The Morgan fingerprint density at radius 3 is 2.50 bits per heavy atom. The summed E-state index contributed by atoms with van der Waals surface area (Å²) in [5.41, 5.74) is 3.57. The van der Waals surface area contributed by atoms with Crippen LogP contribution in [-0.2, 0) is 16.0 Å². The monoisotopic (exact) mass is 539 g/mol. The van der Waals surface area contributed by atoms with Gasteiger partial charge in [0.1, 0.15) is 11.4 Å². The standard InChI is InChI=1S/C30H29N5O5/c1-30(2,3)40-29(37)34-16-15-31-25(34)17-19-9-11-21(12-10-19)32-27(20-7-5-4-6-8-20)26-23-18-22(35(38)39)13-14-24(23)33-28(26)36/h4-14,18,32H,15-17H2,1-3H3,(H,33,36)/b27-26-. The largest absolute Gasteiger partial charge is 0.443 e. The van der Waals surface area contributed by atoms with Gasteiger partial charge in [0, 0.05) is 35.5 Å². The number of nitrogens with one attached hydrogen (secondary N) is 2. The molecule has 0 fully saturated rings. The molecule has 2 aliphatic rings. The Hall–Kier alpha value is -4.99. The minimum atomic E-state index is -0.593. The summed E-state index contributed by atoms with van der Waals surface area (Å²) in [4.78, 5) is 42.7. The number of rotatable bonds is 6. The first kappa shape index (κ1) is 26.6. The molecule has 10 heteroatoms. The van der Waals surface area contributed by atoms with Crippen LogP contribution < -0.4 is 10.6 Å². The Kier molecular flexibility index (Phi) is 7.08. The third-order valence-electron chi connectivity index (χ3n) is 6.40. The molecular formula is C30H29N5O5. The fourth-order valence-corrected chi connectivity index (χ4v) is 4.59. The van der Waals surface area contributed by atoms with Gasteiger partial charge >= 0.3 is 6.09 Å². The zero-order valence-corrected chi connectivity index (χ0v) is 22.4. The molecule has 2 heterocycles. The maximum Gasteiger partial charge on any atom is 0.415 e. The molecule has 2 amide bonds. The smallest absolute Gasteiger partial charge is 0.415 e. The normalized spacial score (nSPS) is 15.7. The van der Waals surface area contributed by atoms with Gasteiger partial charge in [-0.15, -0.1) is 0 Å². The highest BCUT2D eigenvalue weighted by molar-refractivity contribution is 6.37. The van der Waals surface area contributed by atoms with Gasteiger partial charge in [-0.1, -0.05) is 42.5 Å². The van der Waals surface area contributed by atoms with E-state index >= 15 is 0 Å². The molecule has 0 aliphatic carbocycles. The van der Waals surface area contributed by atoms with Crippen LogP contribution in [-0.4, -0.2) is 46.3 Å². The second-order valence-electron chi connectivity index (χ2n) is 10.5. The maximum absolute atomic E-state index is 13.1. The fraction of sp³-hybridized carbons (Fsp3) is 0.233. The van der Waals surface area contributed by atoms with Gasteiger partial charge in [0.05, 0.1) is 29.3 Å². The lowest BCUT2D eigenvalue weighted by molar-refractivity contribution is -0.384. The molecule has 3 aromatic carbocycles. The van der Waals surface area contributed by atoms with Crippen molar-refractivity contribution in [1.82, 2.24) is 4.90 Å². The van der Waals surface area contributed by atoms with Crippen LogP contribution in [0.4, 0.5) is 21.9 Å². The number of nitrogens with zero attached hydrogens (tertiary/aromatic N) is 3. The van der Waals surface area contributed by atoms with Crippen molar-refractivity contribution in [1.29, 1.82) is 0 Å². The molecule has 0 aromatic heterocycles. The number of carbonyl (C=O) groups is 2. The molecule has 0 unspecified atom stereocenters. The average Bonchev–Trinajstić information content (AvgIpc) is 3.51. The minimum Gasteiger partial charge on any atom is -0.443 e. The summed E-state index contributed by atoms with van der Waals surface area (Å²) in [6.45, 7) is 6.51.